The topological polar surface area (TPSA) is 83.6 Å². The van der Waals surface area contributed by atoms with Gasteiger partial charge in [0.1, 0.15) is 0 Å². The van der Waals surface area contributed by atoms with Gasteiger partial charge in [-0.3, -0.25) is 9.03 Å². The molecule has 0 spiro atoms. The third-order valence-electron chi connectivity index (χ3n) is 4.67. The molecule has 1 aliphatic rings. The zero-order valence-corrected chi connectivity index (χ0v) is 17.8. The van der Waals surface area contributed by atoms with Crippen LogP contribution in [0.15, 0.2) is 42.5 Å². The highest BCUT2D eigenvalue weighted by Crippen LogP contribution is 2.32. The fraction of sp³-hybridized carbons (Fsp3) is 0.400. The van der Waals surface area contributed by atoms with Gasteiger partial charge in [0.05, 0.1) is 17.2 Å². The lowest BCUT2D eigenvalue weighted by molar-refractivity contribution is 0.585. The summed E-state index contributed by atoms with van der Waals surface area (Å²) in [5, 5.41) is 0. The van der Waals surface area contributed by atoms with Gasteiger partial charge >= 0.3 is 0 Å². The lowest BCUT2D eigenvalue weighted by Crippen LogP contribution is -2.37. The Morgan fingerprint density at radius 1 is 1.07 bits per heavy atom. The van der Waals surface area contributed by atoms with E-state index < -0.39 is 20.0 Å². The molecule has 1 N–H and O–H groups in total. The lowest BCUT2D eigenvalue weighted by Gasteiger charge is -2.30. The van der Waals surface area contributed by atoms with E-state index in [1.165, 1.54) is 4.31 Å². The Balaban J connectivity index is 1.82. The van der Waals surface area contributed by atoms with Gasteiger partial charge < -0.3 is 0 Å². The fourth-order valence-corrected chi connectivity index (χ4v) is 6.32. The summed E-state index contributed by atoms with van der Waals surface area (Å²) in [5.41, 5.74) is 3.70. The first-order valence-corrected chi connectivity index (χ1v) is 12.7. The van der Waals surface area contributed by atoms with E-state index >= 15 is 0 Å². The molecule has 0 fully saturated rings. The molecule has 0 aromatic heterocycles. The molecule has 6 nitrogen and oxygen atoms in total. The van der Waals surface area contributed by atoms with Crippen LogP contribution >= 0.6 is 0 Å². The van der Waals surface area contributed by atoms with Crippen LogP contribution in [-0.2, 0) is 32.2 Å². The number of aryl methyl sites for hydroxylation is 2. The second-order valence-electron chi connectivity index (χ2n) is 7.19. The molecular weight excluding hydrogens is 396 g/mol. The third-order valence-corrected chi connectivity index (χ3v) is 7.90. The first-order chi connectivity index (χ1) is 13.2. The predicted octanol–water partition coefficient (Wildman–Crippen LogP) is 3.43. The monoisotopic (exact) mass is 422 g/mol. The SMILES string of the molecule is CCCS(=O)(=O)N1CCCc2cc(NS(=O)(=O)Cc3cccc(C)c3)ccc21. The van der Waals surface area contributed by atoms with Gasteiger partial charge in [0, 0.05) is 12.2 Å². The van der Waals surface area contributed by atoms with Gasteiger partial charge in [-0.1, -0.05) is 36.8 Å². The van der Waals surface area contributed by atoms with Gasteiger partial charge in [-0.25, -0.2) is 16.8 Å². The molecule has 0 saturated heterocycles. The van der Waals surface area contributed by atoms with Crippen LogP contribution in [0.3, 0.4) is 0 Å². The molecule has 2 aromatic rings. The molecule has 8 heteroatoms. The largest absolute Gasteiger partial charge is 0.283 e. The molecule has 1 heterocycles. The van der Waals surface area contributed by atoms with E-state index in [1.807, 2.05) is 32.0 Å². The van der Waals surface area contributed by atoms with Gasteiger partial charge in [0.15, 0.2) is 0 Å². The van der Waals surface area contributed by atoms with E-state index in [4.69, 9.17) is 0 Å². The summed E-state index contributed by atoms with van der Waals surface area (Å²) in [6.07, 6.45) is 2.00. The maximum absolute atomic E-state index is 12.5. The second-order valence-corrected chi connectivity index (χ2v) is 10.9. The number of rotatable bonds is 7. The van der Waals surface area contributed by atoms with Crippen molar-refractivity contribution in [2.75, 3.05) is 21.3 Å². The van der Waals surface area contributed by atoms with Crippen LogP contribution in [0.5, 0.6) is 0 Å². The van der Waals surface area contributed by atoms with Gasteiger partial charge in [0.2, 0.25) is 20.0 Å². The molecule has 28 heavy (non-hydrogen) atoms. The second kappa shape index (κ2) is 8.13. The van der Waals surface area contributed by atoms with Gasteiger partial charge in [-0.05, 0) is 55.5 Å². The normalized spacial score (nSPS) is 14.6. The van der Waals surface area contributed by atoms with E-state index in [1.54, 1.807) is 24.3 Å². The highest BCUT2D eigenvalue weighted by Gasteiger charge is 2.27. The van der Waals surface area contributed by atoms with Crippen molar-refractivity contribution in [3.05, 3.63) is 59.2 Å². The molecule has 0 atom stereocenters. The molecule has 2 aromatic carbocycles. The van der Waals surface area contributed by atoms with Crippen molar-refractivity contribution in [2.24, 2.45) is 0 Å². The highest BCUT2D eigenvalue weighted by molar-refractivity contribution is 7.92. The average molecular weight is 423 g/mol. The highest BCUT2D eigenvalue weighted by atomic mass is 32.2. The minimum Gasteiger partial charge on any atom is -0.283 e. The first kappa shape index (κ1) is 20.7. The Kier molecular flexibility index (Phi) is 6.00. The molecule has 3 rings (SSSR count). The first-order valence-electron chi connectivity index (χ1n) is 9.39. The summed E-state index contributed by atoms with van der Waals surface area (Å²) in [7, 11) is -6.91. The Morgan fingerprint density at radius 3 is 2.57 bits per heavy atom. The van der Waals surface area contributed by atoms with Crippen molar-refractivity contribution < 1.29 is 16.8 Å². The van der Waals surface area contributed by atoms with Crippen molar-refractivity contribution in [2.45, 2.75) is 38.9 Å². The Morgan fingerprint density at radius 2 is 1.86 bits per heavy atom. The molecule has 0 amide bonds. The maximum atomic E-state index is 12.5. The van der Waals surface area contributed by atoms with Crippen molar-refractivity contribution >= 4 is 31.4 Å². The number of nitrogens with one attached hydrogen (secondary N) is 1. The zero-order chi connectivity index (χ0) is 20.4. The molecular formula is C20H26N2O4S2. The molecule has 1 aliphatic heterocycles. The Labute approximate surface area is 167 Å². The van der Waals surface area contributed by atoms with Crippen molar-refractivity contribution in [1.82, 2.24) is 0 Å². The third kappa shape index (κ3) is 4.86. The number of fused-ring (bicyclic) bond motifs is 1. The minimum atomic E-state index is -3.56. The van der Waals surface area contributed by atoms with E-state index in [2.05, 4.69) is 4.72 Å². The van der Waals surface area contributed by atoms with Crippen molar-refractivity contribution in [3.63, 3.8) is 0 Å². The van der Waals surface area contributed by atoms with Crippen LogP contribution in [0.4, 0.5) is 11.4 Å². The standard InChI is InChI=1S/C20H26N2O4S2/c1-3-12-28(25,26)22-11-5-8-18-14-19(9-10-20(18)22)21-27(23,24)15-17-7-4-6-16(2)13-17/h4,6-7,9-10,13-14,21H,3,5,8,11-12,15H2,1-2H3. The lowest BCUT2D eigenvalue weighted by atomic mass is 10.0. The summed E-state index contributed by atoms with van der Waals surface area (Å²) in [5.74, 6) is 0.0000814. The molecule has 0 radical (unpaired) electrons. The molecule has 0 unspecified atom stereocenters. The summed E-state index contributed by atoms with van der Waals surface area (Å²) in [6.45, 7) is 4.23. The van der Waals surface area contributed by atoms with Gasteiger partial charge in [0.25, 0.3) is 0 Å². The number of sulfonamides is 2. The van der Waals surface area contributed by atoms with E-state index in [0.717, 1.165) is 29.5 Å². The quantitative estimate of drug-likeness (QED) is 0.741. The van der Waals surface area contributed by atoms with E-state index in [9.17, 15) is 16.8 Å². The Hall–Kier alpha value is -2.06. The summed E-state index contributed by atoms with van der Waals surface area (Å²) in [4.78, 5) is 0. The Bertz CT molecular complexity index is 1060. The van der Waals surface area contributed by atoms with Crippen molar-refractivity contribution in [3.8, 4) is 0 Å². The zero-order valence-electron chi connectivity index (χ0n) is 16.2. The number of nitrogens with zero attached hydrogens (tertiary/aromatic N) is 1. The number of anilines is 2. The number of hydrogen-bond donors (Lipinski definition) is 1. The van der Waals surface area contributed by atoms with Crippen LogP contribution in [0.25, 0.3) is 0 Å². The van der Waals surface area contributed by atoms with Gasteiger partial charge in [-0.15, -0.1) is 0 Å². The maximum Gasteiger partial charge on any atom is 0.236 e. The van der Waals surface area contributed by atoms with Crippen LogP contribution in [0.2, 0.25) is 0 Å². The minimum absolute atomic E-state index is 0.108. The molecule has 0 saturated carbocycles. The van der Waals surface area contributed by atoms with Gasteiger partial charge in [-0.2, -0.15) is 0 Å². The summed E-state index contributed by atoms with van der Waals surface area (Å²) in [6, 6.07) is 12.5. The van der Waals surface area contributed by atoms with E-state index in [0.29, 0.717) is 24.3 Å². The van der Waals surface area contributed by atoms with E-state index in [-0.39, 0.29) is 11.5 Å². The van der Waals surface area contributed by atoms with Crippen LogP contribution in [-0.4, -0.2) is 29.1 Å². The fourth-order valence-electron chi connectivity index (χ4n) is 3.52. The molecule has 0 aliphatic carbocycles. The summed E-state index contributed by atoms with van der Waals surface area (Å²) < 4.78 is 54.2. The molecule has 152 valence electrons. The number of benzene rings is 2. The summed E-state index contributed by atoms with van der Waals surface area (Å²) >= 11 is 0. The average Bonchev–Trinajstić information content (AvgIpc) is 2.60. The predicted molar refractivity (Wildman–Crippen MR) is 114 cm³/mol. The van der Waals surface area contributed by atoms with Crippen LogP contribution in [0, 0.1) is 6.92 Å². The smallest absolute Gasteiger partial charge is 0.236 e. The van der Waals surface area contributed by atoms with Crippen molar-refractivity contribution in [1.29, 1.82) is 0 Å². The molecule has 0 bridgehead atoms. The van der Waals surface area contributed by atoms with Crippen LogP contribution in [0.1, 0.15) is 36.5 Å². The van der Waals surface area contributed by atoms with Crippen LogP contribution < -0.4 is 9.03 Å². The number of hydrogen-bond acceptors (Lipinski definition) is 4.